The first-order valence-electron chi connectivity index (χ1n) is 10.3. The molecule has 2 aromatic rings. The Morgan fingerprint density at radius 3 is 2.31 bits per heavy atom. The highest BCUT2D eigenvalue weighted by Crippen LogP contribution is 2.39. The molecule has 0 aliphatic heterocycles. The molecule has 3 nitrogen and oxygen atoms in total. The average Bonchev–Trinajstić information content (AvgIpc) is 2.69. The minimum Gasteiger partial charge on any atom is -0.317 e. The standard InChI is InChI=1S/C24H30Cl2N2O/c1-24(2,3)18-9-12-20(13-10-18)28(16-17-7-5-4-6-8-17)23(29)27-22-15-19(25)11-14-21(22)26/h4-8,11,14-15,18,20H,9-10,12-13,16H2,1-3H3,(H,27,29)/t18-,20-. The molecule has 3 rings (SSSR count). The Bertz CT molecular complexity index is 825. The second-order valence-electron chi connectivity index (χ2n) is 9.04. The molecule has 0 bridgehead atoms. The Hall–Kier alpha value is -1.71. The van der Waals surface area contributed by atoms with Gasteiger partial charge in [-0.3, -0.25) is 0 Å². The molecular weight excluding hydrogens is 403 g/mol. The van der Waals surface area contributed by atoms with Gasteiger partial charge in [-0.15, -0.1) is 0 Å². The van der Waals surface area contributed by atoms with Crippen LogP contribution in [0.3, 0.4) is 0 Å². The minimum atomic E-state index is -0.128. The van der Waals surface area contributed by atoms with E-state index in [0.29, 0.717) is 33.6 Å². The number of hydrogen-bond acceptors (Lipinski definition) is 1. The average molecular weight is 433 g/mol. The van der Waals surface area contributed by atoms with E-state index in [4.69, 9.17) is 23.2 Å². The maximum absolute atomic E-state index is 13.3. The van der Waals surface area contributed by atoms with Crippen molar-refractivity contribution in [2.45, 2.75) is 59.0 Å². The molecule has 1 aliphatic carbocycles. The number of hydrogen-bond donors (Lipinski definition) is 1. The van der Waals surface area contributed by atoms with Crippen LogP contribution in [0.15, 0.2) is 48.5 Å². The van der Waals surface area contributed by atoms with E-state index in [1.54, 1.807) is 18.2 Å². The molecule has 156 valence electrons. The first kappa shape index (κ1) is 22.0. The van der Waals surface area contributed by atoms with Crippen molar-refractivity contribution >= 4 is 34.9 Å². The van der Waals surface area contributed by atoms with E-state index in [-0.39, 0.29) is 12.1 Å². The maximum Gasteiger partial charge on any atom is 0.322 e. The fraction of sp³-hybridized carbons (Fsp3) is 0.458. The molecular formula is C24H30Cl2N2O. The predicted octanol–water partition coefficient (Wildman–Crippen LogP) is 7.63. The lowest BCUT2D eigenvalue weighted by molar-refractivity contribution is 0.110. The highest BCUT2D eigenvalue weighted by Gasteiger charge is 2.33. The van der Waals surface area contributed by atoms with Gasteiger partial charge in [-0.2, -0.15) is 0 Å². The van der Waals surface area contributed by atoms with Gasteiger partial charge < -0.3 is 10.2 Å². The molecule has 2 amide bonds. The maximum atomic E-state index is 13.3. The third-order valence-corrected chi connectivity index (χ3v) is 6.55. The van der Waals surface area contributed by atoms with Gasteiger partial charge in [0.2, 0.25) is 0 Å². The van der Waals surface area contributed by atoms with E-state index in [2.05, 4.69) is 38.2 Å². The largest absolute Gasteiger partial charge is 0.322 e. The zero-order valence-corrected chi connectivity index (χ0v) is 18.9. The quantitative estimate of drug-likeness (QED) is 0.528. The fourth-order valence-corrected chi connectivity index (χ4v) is 4.52. The molecule has 1 fully saturated rings. The zero-order valence-electron chi connectivity index (χ0n) is 17.4. The van der Waals surface area contributed by atoms with Crippen molar-refractivity contribution in [3.63, 3.8) is 0 Å². The van der Waals surface area contributed by atoms with Gasteiger partial charge in [0.05, 0.1) is 10.7 Å². The van der Waals surface area contributed by atoms with Crippen molar-refractivity contribution in [1.29, 1.82) is 0 Å². The SMILES string of the molecule is CC(C)(C)[C@H]1CC[C@H](N(Cc2ccccc2)C(=O)Nc2cc(Cl)ccc2Cl)CC1. The number of benzene rings is 2. The van der Waals surface area contributed by atoms with Crippen LogP contribution >= 0.6 is 23.2 Å². The van der Waals surface area contributed by atoms with Gasteiger partial charge in [0.1, 0.15) is 0 Å². The Labute approximate surface area is 184 Å². The van der Waals surface area contributed by atoms with Crippen LogP contribution < -0.4 is 5.32 Å². The molecule has 1 aliphatic rings. The van der Waals surface area contributed by atoms with E-state index in [0.717, 1.165) is 31.2 Å². The second kappa shape index (κ2) is 9.40. The summed E-state index contributed by atoms with van der Waals surface area (Å²) in [6.45, 7) is 7.52. The minimum absolute atomic E-state index is 0.128. The summed E-state index contributed by atoms with van der Waals surface area (Å²) >= 11 is 12.4. The molecule has 1 N–H and O–H groups in total. The third kappa shape index (κ3) is 5.90. The van der Waals surface area contributed by atoms with Crippen LogP contribution in [0.2, 0.25) is 10.0 Å². The smallest absolute Gasteiger partial charge is 0.317 e. The van der Waals surface area contributed by atoms with Gasteiger partial charge in [0.25, 0.3) is 0 Å². The number of nitrogens with one attached hydrogen (secondary N) is 1. The van der Waals surface area contributed by atoms with Crippen LogP contribution in [0.25, 0.3) is 0 Å². The van der Waals surface area contributed by atoms with E-state index in [1.165, 1.54) is 0 Å². The van der Waals surface area contributed by atoms with E-state index in [9.17, 15) is 4.79 Å². The Kier molecular flexibility index (Phi) is 7.13. The molecule has 29 heavy (non-hydrogen) atoms. The Balaban J connectivity index is 1.78. The van der Waals surface area contributed by atoms with Gasteiger partial charge in [-0.05, 0) is 60.8 Å². The molecule has 0 atom stereocenters. The molecule has 2 aromatic carbocycles. The summed E-state index contributed by atoms with van der Waals surface area (Å²) in [7, 11) is 0. The zero-order chi connectivity index (χ0) is 21.0. The summed E-state index contributed by atoms with van der Waals surface area (Å²) in [5, 5.41) is 4.01. The van der Waals surface area contributed by atoms with Crippen LogP contribution in [0.4, 0.5) is 10.5 Å². The van der Waals surface area contributed by atoms with Gasteiger partial charge in [-0.25, -0.2) is 4.79 Å². The first-order valence-corrected chi connectivity index (χ1v) is 11.1. The number of carbonyl (C=O) groups excluding carboxylic acids is 1. The molecule has 0 saturated heterocycles. The lowest BCUT2D eigenvalue weighted by atomic mass is 9.71. The van der Waals surface area contributed by atoms with Gasteiger partial charge >= 0.3 is 6.03 Å². The molecule has 1 saturated carbocycles. The molecule has 0 heterocycles. The highest BCUT2D eigenvalue weighted by atomic mass is 35.5. The van der Waals surface area contributed by atoms with Crippen LogP contribution in [0.1, 0.15) is 52.0 Å². The van der Waals surface area contributed by atoms with Crippen molar-refractivity contribution in [1.82, 2.24) is 4.90 Å². The van der Waals surface area contributed by atoms with E-state index < -0.39 is 0 Å². The van der Waals surface area contributed by atoms with Crippen LogP contribution in [0.5, 0.6) is 0 Å². The number of rotatable bonds is 4. The summed E-state index contributed by atoms with van der Waals surface area (Å²) in [4.78, 5) is 15.2. The second-order valence-corrected chi connectivity index (χ2v) is 9.88. The number of amides is 2. The van der Waals surface area contributed by atoms with Gasteiger partial charge in [0, 0.05) is 17.6 Å². The van der Waals surface area contributed by atoms with E-state index >= 15 is 0 Å². The van der Waals surface area contributed by atoms with Crippen LogP contribution in [-0.2, 0) is 6.54 Å². The van der Waals surface area contributed by atoms with Crippen molar-refractivity contribution in [2.75, 3.05) is 5.32 Å². The Morgan fingerprint density at radius 1 is 1.03 bits per heavy atom. The lowest BCUT2D eigenvalue weighted by Gasteiger charge is -2.41. The molecule has 0 spiro atoms. The monoisotopic (exact) mass is 432 g/mol. The first-order chi connectivity index (χ1) is 13.7. The van der Waals surface area contributed by atoms with Crippen LogP contribution in [-0.4, -0.2) is 17.0 Å². The number of anilines is 1. The van der Waals surface area contributed by atoms with Crippen molar-refractivity contribution in [2.24, 2.45) is 11.3 Å². The lowest BCUT2D eigenvalue weighted by Crippen LogP contribution is -2.45. The number of carbonyl (C=O) groups is 1. The molecule has 0 unspecified atom stereocenters. The summed E-state index contributed by atoms with van der Waals surface area (Å²) in [5.41, 5.74) is 1.98. The molecule has 0 aromatic heterocycles. The topological polar surface area (TPSA) is 32.3 Å². The molecule has 5 heteroatoms. The van der Waals surface area contributed by atoms with Gasteiger partial charge in [-0.1, -0.05) is 74.3 Å². The van der Waals surface area contributed by atoms with E-state index in [1.807, 2.05) is 23.1 Å². The highest BCUT2D eigenvalue weighted by molar-refractivity contribution is 6.35. The summed E-state index contributed by atoms with van der Waals surface area (Å²) in [6, 6.07) is 15.3. The summed E-state index contributed by atoms with van der Waals surface area (Å²) < 4.78 is 0. The number of halogens is 2. The summed E-state index contributed by atoms with van der Waals surface area (Å²) in [6.07, 6.45) is 4.33. The molecule has 0 radical (unpaired) electrons. The fourth-order valence-electron chi connectivity index (χ4n) is 4.18. The summed E-state index contributed by atoms with van der Waals surface area (Å²) in [5.74, 6) is 0.697. The van der Waals surface area contributed by atoms with Crippen molar-refractivity contribution < 1.29 is 4.79 Å². The van der Waals surface area contributed by atoms with Crippen LogP contribution in [0, 0.1) is 11.3 Å². The number of urea groups is 1. The third-order valence-electron chi connectivity index (χ3n) is 5.99. The van der Waals surface area contributed by atoms with Crippen molar-refractivity contribution in [3.8, 4) is 0 Å². The van der Waals surface area contributed by atoms with Gasteiger partial charge in [0.15, 0.2) is 0 Å². The normalized spacial score (nSPS) is 19.6. The Morgan fingerprint density at radius 2 is 1.69 bits per heavy atom. The van der Waals surface area contributed by atoms with Crippen molar-refractivity contribution in [3.05, 3.63) is 64.1 Å². The number of nitrogens with zero attached hydrogens (tertiary/aromatic N) is 1. The predicted molar refractivity (Wildman–Crippen MR) is 123 cm³/mol.